The molecule has 0 atom stereocenters. The molecule has 0 fully saturated rings. The van der Waals surface area contributed by atoms with Crippen LogP contribution in [0.15, 0.2) is 36.4 Å². The Bertz CT molecular complexity index is 654. The van der Waals surface area contributed by atoms with Crippen molar-refractivity contribution in [2.45, 2.75) is 6.92 Å². The third kappa shape index (κ3) is 3.66. The largest absolute Gasteiger partial charge is 0.484 e. The molecule has 0 saturated heterocycles. The maximum atomic E-state index is 12.0. The van der Waals surface area contributed by atoms with E-state index < -0.39 is 0 Å². The molecular weight excluding hydrogens is 319 g/mol. The number of aryl methyl sites for hydroxylation is 1. The Morgan fingerprint density at radius 1 is 1.00 bits per heavy atom. The summed E-state index contributed by atoms with van der Waals surface area (Å²) < 4.78 is 5.42. The zero-order valence-electron chi connectivity index (χ0n) is 10.6. The van der Waals surface area contributed by atoms with Crippen molar-refractivity contribution in [3.05, 3.63) is 62.6 Å². The standard InChI is InChI=1S/C15H11Cl3O2/c1-9-2-5-15(13(18)6-9)20-8-14(19)10-3-4-11(16)12(17)7-10/h2-7H,8H2,1H3. The molecule has 0 unspecified atom stereocenters. The number of ketones is 1. The molecule has 0 aliphatic carbocycles. The van der Waals surface area contributed by atoms with Gasteiger partial charge in [0, 0.05) is 5.56 Å². The number of halogens is 3. The van der Waals surface area contributed by atoms with Crippen molar-refractivity contribution in [3.8, 4) is 5.75 Å². The highest BCUT2D eigenvalue weighted by Crippen LogP contribution is 2.26. The topological polar surface area (TPSA) is 26.3 Å². The van der Waals surface area contributed by atoms with Crippen LogP contribution in [-0.2, 0) is 0 Å². The molecule has 0 aromatic heterocycles. The van der Waals surface area contributed by atoms with Crippen LogP contribution in [-0.4, -0.2) is 12.4 Å². The molecule has 2 aromatic rings. The molecule has 104 valence electrons. The monoisotopic (exact) mass is 328 g/mol. The lowest BCUT2D eigenvalue weighted by atomic mass is 10.1. The van der Waals surface area contributed by atoms with Gasteiger partial charge < -0.3 is 4.74 Å². The average molecular weight is 330 g/mol. The van der Waals surface area contributed by atoms with Crippen LogP contribution in [0, 0.1) is 6.92 Å². The zero-order valence-corrected chi connectivity index (χ0v) is 12.9. The van der Waals surface area contributed by atoms with Gasteiger partial charge in [-0.25, -0.2) is 0 Å². The lowest BCUT2D eigenvalue weighted by molar-refractivity contribution is 0.0921. The molecule has 2 nitrogen and oxygen atoms in total. The van der Waals surface area contributed by atoms with Gasteiger partial charge >= 0.3 is 0 Å². The van der Waals surface area contributed by atoms with Crippen molar-refractivity contribution in [1.29, 1.82) is 0 Å². The van der Waals surface area contributed by atoms with Crippen LogP contribution in [0.5, 0.6) is 5.75 Å². The average Bonchev–Trinajstić information content (AvgIpc) is 2.40. The minimum absolute atomic E-state index is 0.110. The van der Waals surface area contributed by atoms with E-state index in [1.807, 2.05) is 13.0 Å². The van der Waals surface area contributed by atoms with Gasteiger partial charge in [-0.1, -0.05) is 40.9 Å². The van der Waals surface area contributed by atoms with Gasteiger partial charge in [-0.15, -0.1) is 0 Å². The van der Waals surface area contributed by atoms with Crippen LogP contribution in [0.4, 0.5) is 0 Å². The summed E-state index contributed by atoms with van der Waals surface area (Å²) in [5, 5.41) is 1.23. The summed E-state index contributed by atoms with van der Waals surface area (Å²) in [5.41, 5.74) is 1.47. The highest BCUT2D eigenvalue weighted by Gasteiger charge is 2.10. The molecule has 0 amide bonds. The maximum Gasteiger partial charge on any atom is 0.200 e. The zero-order chi connectivity index (χ0) is 14.7. The fourth-order valence-electron chi connectivity index (χ4n) is 1.62. The van der Waals surface area contributed by atoms with E-state index in [1.165, 1.54) is 6.07 Å². The molecule has 0 bridgehead atoms. The van der Waals surface area contributed by atoms with Gasteiger partial charge in [-0.3, -0.25) is 4.79 Å². The molecule has 0 aliphatic rings. The Labute approximate surface area is 132 Å². The number of Topliss-reactive ketones (excluding diaryl/α,β-unsaturated/α-hetero) is 1. The van der Waals surface area contributed by atoms with Gasteiger partial charge in [-0.05, 0) is 42.8 Å². The van der Waals surface area contributed by atoms with E-state index in [9.17, 15) is 4.79 Å². The summed E-state index contributed by atoms with van der Waals surface area (Å²) in [6.07, 6.45) is 0. The number of rotatable bonds is 4. The van der Waals surface area contributed by atoms with Crippen molar-refractivity contribution in [3.63, 3.8) is 0 Å². The molecule has 0 N–H and O–H groups in total. The predicted octanol–water partition coefficient (Wildman–Crippen LogP) is 5.22. The fraction of sp³-hybridized carbons (Fsp3) is 0.133. The van der Waals surface area contributed by atoms with E-state index in [4.69, 9.17) is 39.5 Å². The molecule has 0 heterocycles. The van der Waals surface area contributed by atoms with Crippen molar-refractivity contribution in [1.82, 2.24) is 0 Å². The second kappa shape index (κ2) is 6.49. The lowest BCUT2D eigenvalue weighted by Crippen LogP contribution is -2.11. The molecule has 0 radical (unpaired) electrons. The minimum atomic E-state index is -0.194. The predicted molar refractivity (Wildman–Crippen MR) is 82.5 cm³/mol. The van der Waals surface area contributed by atoms with Crippen LogP contribution in [0.1, 0.15) is 15.9 Å². The molecule has 20 heavy (non-hydrogen) atoms. The summed E-state index contributed by atoms with van der Waals surface area (Å²) in [6.45, 7) is 1.82. The van der Waals surface area contributed by atoms with Crippen LogP contribution >= 0.6 is 34.8 Å². The Morgan fingerprint density at radius 3 is 2.40 bits per heavy atom. The minimum Gasteiger partial charge on any atom is -0.484 e. The number of ether oxygens (including phenoxy) is 1. The quantitative estimate of drug-likeness (QED) is 0.719. The molecule has 5 heteroatoms. The van der Waals surface area contributed by atoms with Crippen LogP contribution in [0.25, 0.3) is 0 Å². The van der Waals surface area contributed by atoms with Crippen molar-refractivity contribution >= 4 is 40.6 Å². The number of carbonyl (C=O) groups excluding carboxylic acids is 1. The number of benzene rings is 2. The molecule has 2 rings (SSSR count). The van der Waals surface area contributed by atoms with Crippen LogP contribution < -0.4 is 4.74 Å². The molecule has 0 spiro atoms. The first-order valence-corrected chi connectivity index (χ1v) is 6.98. The molecule has 2 aromatic carbocycles. The van der Waals surface area contributed by atoms with Gasteiger partial charge in [0.1, 0.15) is 5.75 Å². The van der Waals surface area contributed by atoms with E-state index in [0.29, 0.717) is 26.4 Å². The summed E-state index contributed by atoms with van der Waals surface area (Å²) in [4.78, 5) is 12.0. The van der Waals surface area contributed by atoms with Gasteiger partial charge in [-0.2, -0.15) is 0 Å². The number of hydrogen-bond donors (Lipinski definition) is 0. The number of hydrogen-bond acceptors (Lipinski definition) is 2. The second-order valence-corrected chi connectivity index (χ2v) is 5.50. The smallest absolute Gasteiger partial charge is 0.200 e. The van der Waals surface area contributed by atoms with Crippen molar-refractivity contribution in [2.24, 2.45) is 0 Å². The fourth-order valence-corrected chi connectivity index (χ4v) is 2.21. The first-order valence-electron chi connectivity index (χ1n) is 5.84. The third-order valence-electron chi connectivity index (χ3n) is 2.69. The Hall–Kier alpha value is -1.22. The van der Waals surface area contributed by atoms with E-state index in [-0.39, 0.29) is 12.4 Å². The van der Waals surface area contributed by atoms with Crippen molar-refractivity contribution in [2.75, 3.05) is 6.61 Å². The van der Waals surface area contributed by atoms with E-state index in [1.54, 1.807) is 24.3 Å². The van der Waals surface area contributed by atoms with E-state index in [2.05, 4.69) is 0 Å². The number of carbonyl (C=O) groups is 1. The molecular formula is C15H11Cl3O2. The SMILES string of the molecule is Cc1ccc(OCC(=O)c2ccc(Cl)c(Cl)c2)c(Cl)c1. The normalized spacial score (nSPS) is 10.4. The highest BCUT2D eigenvalue weighted by atomic mass is 35.5. The Balaban J connectivity index is 2.06. The van der Waals surface area contributed by atoms with Gasteiger partial charge in [0.2, 0.25) is 0 Å². The second-order valence-electron chi connectivity index (χ2n) is 4.27. The van der Waals surface area contributed by atoms with Crippen molar-refractivity contribution < 1.29 is 9.53 Å². The summed E-state index contributed by atoms with van der Waals surface area (Å²) in [6, 6.07) is 10.1. The van der Waals surface area contributed by atoms with Crippen LogP contribution in [0.2, 0.25) is 15.1 Å². The summed E-state index contributed by atoms with van der Waals surface area (Å²) in [7, 11) is 0. The maximum absolute atomic E-state index is 12.0. The Morgan fingerprint density at radius 2 is 1.75 bits per heavy atom. The van der Waals surface area contributed by atoms with Crippen LogP contribution in [0.3, 0.4) is 0 Å². The molecule has 0 saturated carbocycles. The Kier molecular flexibility index (Phi) is 4.92. The highest BCUT2D eigenvalue weighted by molar-refractivity contribution is 6.42. The van der Waals surface area contributed by atoms with Gasteiger partial charge in [0.25, 0.3) is 0 Å². The first kappa shape index (κ1) is 15.2. The van der Waals surface area contributed by atoms with E-state index >= 15 is 0 Å². The summed E-state index contributed by atoms with van der Waals surface area (Å²) >= 11 is 17.7. The third-order valence-corrected chi connectivity index (χ3v) is 3.72. The molecule has 0 aliphatic heterocycles. The van der Waals surface area contributed by atoms with E-state index in [0.717, 1.165) is 5.56 Å². The van der Waals surface area contributed by atoms with Gasteiger partial charge in [0.15, 0.2) is 12.4 Å². The summed E-state index contributed by atoms with van der Waals surface area (Å²) in [5.74, 6) is 0.283. The lowest BCUT2D eigenvalue weighted by Gasteiger charge is -2.08. The first-order chi connectivity index (χ1) is 9.47. The van der Waals surface area contributed by atoms with Gasteiger partial charge in [0.05, 0.1) is 15.1 Å².